The van der Waals surface area contributed by atoms with Crippen molar-refractivity contribution < 1.29 is 4.55 Å². The van der Waals surface area contributed by atoms with Crippen LogP contribution in [0.4, 0.5) is 0 Å². The van der Waals surface area contributed by atoms with Crippen LogP contribution in [-0.4, -0.2) is 10.6 Å². The van der Waals surface area contributed by atoms with Crippen molar-refractivity contribution in [2.24, 2.45) is 0 Å². The number of nitrogens with one attached hydrogen (secondary N) is 1. The summed E-state index contributed by atoms with van der Waals surface area (Å²) in [5.74, 6) is 0.516. The van der Waals surface area contributed by atoms with Gasteiger partial charge in [0.15, 0.2) is 5.75 Å². The summed E-state index contributed by atoms with van der Waals surface area (Å²) in [6, 6.07) is 9.73. The molecule has 0 aliphatic heterocycles. The molecule has 1 N–H and O–H groups in total. The molecule has 0 bridgehead atoms. The summed E-state index contributed by atoms with van der Waals surface area (Å²) in [6.07, 6.45) is 2.28. The van der Waals surface area contributed by atoms with Gasteiger partial charge in [0.2, 0.25) is 0 Å². The van der Waals surface area contributed by atoms with Crippen molar-refractivity contribution in [3.63, 3.8) is 0 Å². The van der Waals surface area contributed by atoms with Gasteiger partial charge in [0.05, 0.1) is 17.7 Å². The Labute approximate surface area is 92.4 Å². The van der Waals surface area contributed by atoms with Crippen LogP contribution in [0.1, 0.15) is 24.0 Å². The average molecular weight is 220 g/mol. The minimum atomic E-state index is -0.980. The smallest absolute Gasteiger partial charge is 0.150 e. The first kappa shape index (κ1) is 10.5. The summed E-state index contributed by atoms with van der Waals surface area (Å²) >= 11 is -0.980. The van der Waals surface area contributed by atoms with E-state index in [4.69, 9.17) is 5.26 Å². The van der Waals surface area contributed by atoms with Gasteiger partial charge in [0, 0.05) is 16.9 Å². The van der Waals surface area contributed by atoms with Crippen molar-refractivity contribution in [2.45, 2.75) is 24.6 Å². The third-order valence-corrected chi connectivity index (χ3v) is 3.45. The Morgan fingerprint density at radius 2 is 2.07 bits per heavy atom. The molecule has 4 heteroatoms. The Hall–Kier alpha value is -1.02. The Morgan fingerprint density at radius 1 is 1.40 bits per heavy atom. The van der Waals surface area contributed by atoms with E-state index in [1.54, 1.807) is 12.1 Å². The van der Waals surface area contributed by atoms with E-state index < -0.39 is 11.4 Å². The summed E-state index contributed by atoms with van der Waals surface area (Å²) in [7, 11) is 0. The predicted molar refractivity (Wildman–Crippen MR) is 59.2 cm³/mol. The van der Waals surface area contributed by atoms with E-state index in [1.165, 1.54) is 0 Å². The Kier molecular flexibility index (Phi) is 3.27. The van der Waals surface area contributed by atoms with E-state index in [0.29, 0.717) is 17.4 Å². The molecule has 1 aromatic carbocycles. The highest BCUT2D eigenvalue weighted by Gasteiger charge is 2.26. The van der Waals surface area contributed by atoms with Gasteiger partial charge in [-0.3, -0.25) is 0 Å². The molecule has 3 nitrogen and oxygen atoms in total. The Balaban J connectivity index is 1.89. The molecular weight excluding hydrogens is 208 g/mol. The van der Waals surface area contributed by atoms with E-state index in [1.807, 2.05) is 12.1 Å². The lowest BCUT2D eigenvalue weighted by atomic mass is 10.2. The van der Waals surface area contributed by atoms with Gasteiger partial charge >= 0.3 is 0 Å². The normalized spacial score (nSPS) is 17.1. The van der Waals surface area contributed by atoms with E-state index in [0.717, 1.165) is 18.4 Å². The van der Waals surface area contributed by atoms with Crippen molar-refractivity contribution >= 4 is 11.4 Å². The van der Waals surface area contributed by atoms with E-state index in [-0.39, 0.29) is 0 Å². The fourth-order valence-corrected chi connectivity index (χ4v) is 2.44. The quantitative estimate of drug-likeness (QED) is 0.782. The number of nitrogens with zero attached hydrogens (tertiary/aromatic N) is 1. The van der Waals surface area contributed by atoms with Gasteiger partial charge in [-0.2, -0.15) is 5.26 Å². The van der Waals surface area contributed by atoms with E-state index in [9.17, 15) is 4.55 Å². The average Bonchev–Trinajstić information content (AvgIpc) is 3.03. The zero-order valence-corrected chi connectivity index (χ0v) is 9.09. The minimum absolute atomic E-state index is 0.462. The summed E-state index contributed by atoms with van der Waals surface area (Å²) in [5, 5.41) is 8.62. The lowest BCUT2D eigenvalue weighted by Crippen LogP contribution is -2.27. The SMILES string of the molecule is N#Cc1ccc(C[S+]([O-])NC2CC2)cc1. The van der Waals surface area contributed by atoms with Crippen LogP contribution in [-0.2, 0) is 17.1 Å². The van der Waals surface area contributed by atoms with Crippen LogP contribution in [0.25, 0.3) is 0 Å². The van der Waals surface area contributed by atoms with Gasteiger partial charge in [-0.05, 0) is 25.0 Å². The maximum Gasteiger partial charge on any atom is 0.150 e. The third-order valence-electron chi connectivity index (χ3n) is 2.26. The van der Waals surface area contributed by atoms with Gasteiger partial charge in [-0.1, -0.05) is 12.1 Å². The molecule has 0 spiro atoms. The molecule has 1 aromatic rings. The van der Waals surface area contributed by atoms with Crippen LogP contribution in [0.15, 0.2) is 24.3 Å². The second kappa shape index (κ2) is 4.67. The maximum atomic E-state index is 11.6. The number of rotatable bonds is 4. The van der Waals surface area contributed by atoms with E-state index in [2.05, 4.69) is 10.8 Å². The monoisotopic (exact) mass is 220 g/mol. The van der Waals surface area contributed by atoms with Crippen molar-refractivity contribution in [1.82, 2.24) is 4.72 Å². The highest BCUT2D eigenvalue weighted by atomic mass is 32.2. The predicted octanol–water partition coefficient (Wildman–Crippen LogP) is 1.47. The number of hydrogen-bond acceptors (Lipinski definition) is 3. The van der Waals surface area contributed by atoms with Crippen molar-refractivity contribution in [1.29, 1.82) is 5.26 Å². The second-order valence-corrected chi connectivity index (χ2v) is 4.91. The van der Waals surface area contributed by atoms with Gasteiger partial charge < -0.3 is 4.55 Å². The standard InChI is InChI=1S/C11H12N2OS/c12-7-9-1-3-10(4-2-9)8-15(14)13-11-5-6-11/h1-4,11,13H,5-6,8H2. The molecule has 1 aliphatic carbocycles. The molecular formula is C11H12N2OS. The molecule has 78 valence electrons. The summed E-state index contributed by atoms with van der Waals surface area (Å²) in [5.41, 5.74) is 1.64. The zero-order chi connectivity index (χ0) is 10.7. The fourth-order valence-electron chi connectivity index (χ4n) is 1.26. The molecule has 1 aliphatic rings. The van der Waals surface area contributed by atoms with Crippen LogP contribution in [0.3, 0.4) is 0 Å². The Morgan fingerprint density at radius 3 is 2.60 bits per heavy atom. The van der Waals surface area contributed by atoms with Gasteiger partial charge in [0.25, 0.3) is 0 Å². The van der Waals surface area contributed by atoms with Gasteiger partial charge in [-0.25, -0.2) is 0 Å². The minimum Gasteiger partial charge on any atom is -0.598 e. The molecule has 0 heterocycles. The summed E-state index contributed by atoms with van der Waals surface area (Å²) in [6.45, 7) is 0. The molecule has 15 heavy (non-hydrogen) atoms. The highest BCUT2D eigenvalue weighted by Crippen LogP contribution is 2.20. The first-order valence-corrected chi connectivity index (χ1v) is 6.23. The molecule has 2 rings (SSSR count). The third kappa shape index (κ3) is 3.24. The molecule has 0 amide bonds. The molecule has 1 atom stereocenters. The van der Waals surface area contributed by atoms with Crippen LogP contribution in [0.5, 0.6) is 0 Å². The first-order valence-electron chi connectivity index (χ1n) is 4.91. The highest BCUT2D eigenvalue weighted by molar-refractivity contribution is 7.88. The van der Waals surface area contributed by atoms with Crippen molar-refractivity contribution in [2.75, 3.05) is 0 Å². The fraction of sp³-hybridized carbons (Fsp3) is 0.364. The van der Waals surface area contributed by atoms with Crippen molar-refractivity contribution in [3.8, 4) is 6.07 Å². The second-order valence-electron chi connectivity index (χ2n) is 3.69. The lowest BCUT2D eigenvalue weighted by molar-refractivity contribution is 0.579. The van der Waals surface area contributed by atoms with Crippen molar-refractivity contribution in [3.05, 3.63) is 35.4 Å². The molecule has 0 aromatic heterocycles. The topological polar surface area (TPSA) is 58.9 Å². The number of benzene rings is 1. The molecule has 0 radical (unpaired) electrons. The lowest BCUT2D eigenvalue weighted by Gasteiger charge is -2.10. The van der Waals surface area contributed by atoms with Gasteiger partial charge in [-0.15, -0.1) is 4.72 Å². The molecule has 0 saturated heterocycles. The molecule has 1 fully saturated rings. The van der Waals surface area contributed by atoms with Crippen LogP contribution in [0.2, 0.25) is 0 Å². The van der Waals surface area contributed by atoms with Gasteiger partial charge in [0.1, 0.15) is 0 Å². The summed E-state index contributed by atoms with van der Waals surface area (Å²) in [4.78, 5) is 0. The van der Waals surface area contributed by atoms with E-state index >= 15 is 0 Å². The van der Waals surface area contributed by atoms with Crippen LogP contribution in [0, 0.1) is 11.3 Å². The maximum absolute atomic E-state index is 11.6. The first-order chi connectivity index (χ1) is 7.28. The van der Waals surface area contributed by atoms with Crippen LogP contribution < -0.4 is 4.72 Å². The molecule has 1 unspecified atom stereocenters. The molecule has 1 saturated carbocycles. The number of nitriles is 1. The summed E-state index contributed by atoms with van der Waals surface area (Å²) < 4.78 is 14.6. The largest absolute Gasteiger partial charge is 0.598 e. The number of hydrogen-bond donors (Lipinski definition) is 1. The Bertz CT molecular complexity index is 367. The van der Waals surface area contributed by atoms with Crippen LogP contribution >= 0.6 is 0 Å². The zero-order valence-electron chi connectivity index (χ0n) is 8.27.